The Kier molecular flexibility index (Phi) is 4.77. The van der Waals surface area contributed by atoms with Crippen molar-refractivity contribution < 1.29 is 9.32 Å². The number of nitrogens with zero attached hydrogens (tertiary/aromatic N) is 2. The highest BCUT2D eigenvalue weighted by molar-refractivity contribution is 6.10. The Morgan fingerprint density at radius 1 is 0.786 bits per heavy atom. The number of benzene rings is 3. The van der Waals surface area contributed by atoms with Crippen LogP contribution < -0.4 is 4.90 Å². The Balaban J connectivity index is 1.72. The Hall–Kier alpha value is -3.66. The number of hydrogen-bond acceptors (Lipinski definition) is 3. The highest BCUT2D eigenvalue weighted by Gasteiger charge is 2.23. The van der Waals surface area contributed by atoms with E-state index in [0.717, 1.165) is 22.5 Å². The van der Waals surface area contributed by atoms with E-state index in [0.29, 0.717) is 5.76 Å². The van der Waals surface area contributed by atoms with E-state index in [2.05, 4.69) is 12.1 Å². The summed E-state index contributed by atoms with van der Waals surface area (Å²) in [6.45, 7) is 4.11. The summed E-state index contributed by atoms with van der Waals surface area (Å²) in [5.74, 6) is 0.337. The average Bonchev–Trinajstić information content (AvgIpc) is 3.22. The third-order valence-electron chi connectivity index (χ3n) is 4.75. The predicted octanol–water partition coefficient (Wildman–Crippen LogP) is 5.94. The molecule has 1 amide bonds. The number of rotatable bonds is 4. The van der Waals surface area contributed by atoms with E-state index in [9.17, 15) is 4.79 Å². The van der Waals surface area contributed by atoms with Crippen LogP contribution in [0.4, 0.5) is 11.4 Å². The second kappa shape index (κ2) is 7.53. The number of amides is 1. The van der Waals surface area contributed by atoms with Gasteiger partial charge >= 0.3 is 0 Å². The van der Waals surface area contributed by atoms with Crippen LogP contribution in [0.5, 0.6) is 0 Å². The zero-order valence-electron chi connectivity index (χ0n) is 15.8. The number of aromatic nitrogens is 1. The summed E-state index contributed by atoms with van der Waals surface area (Å²) in [5, 5.41) is 4.05. The molecule has 138 valence electrons. The molecule has 0 aliphatic heterocycles. The summed E-state index contributed by atoms with van der Waals surface area (Å²) in [4.78, 5) is 15.0. The topological polar surface area (TPSA) is 46.3 Å². The summed E-state index contributed by atoms with van der Waals surface area (Å²) < 4.78 is 5.49. The maximum absolute atomic E-state index is 13.3. The van der Waals surface area contributed by atoms with Gasteiger partial charge < -0.3 is 4.52 Å². The van der Waals surface area contributed by atoms with Crippen LogP contribution in [0.3, 0.4) is 0 Å². The fraction of sp³-hybridized carbons (Fsp3) is 0.0833. The van der Waals surface area contributed by atoms with Crippen LogP contribution in [0.1, 0.15) is 21.6 Å². The average molecular weight is 368 g/mol. The summed E-state index contributed by atoms with van der Waals surface area (Å²) in [6.07, 6.45) is 0. The third-order valence-corrected chi connectivity index (χ3v) is 4.75. The van der Waals surface area contributed by atoms with Gasteiger partial charge in [-0.2, -0.15) is 0 Å². The van der Waals surface area contributed by atoms with E-state index in [1.54, 1.807) is 11.0 Å². The SMILES string of the molecule is Cc1ccc(-c2cc(C(=O)N(c3ccccc3)c3ccccc3)no2)cc1C. The quantitative estimate of drug-likeness (QED) is 0.448. The molecule has 0 aliphatic rings. The van der Waals surface area contributed by atoms with Crippen LogP contribution in [0.15, 0.2) is 89.5 Å². The van der Waals surface area contributed by atoms with Gasteiger partial charge in [0.25, 0.3) is 5.91 Å². The lowest BCUT2D eigenvalue weighted by molar-refractivity contribution is 0.0990. The molecule has 0 atom stereocenters. The van der Waals surface area contributed by atoms with Crippen LogP contribution in [0.25, 0.3) is 11.3 Å². The lowest BCUT2D eigenvalue weighted by Crippen LogP contribution is -2.26. The van der Waals surface area contributed by atoms with Crippen molar-refractivity contribution in [2.45, 2.75) is 13.8 Å². The first-order valence-corrected chi connectivity index (χ1v) is 9.12. The Labute approximate surface area is 164 Å². The van der Waals surface area contributed by atoms with Gasteiger partial charge in [-0.25, -0.2) is 0 Å². The fourth-order valence-corrected chi connectivity index (χ4v) is 3.06. The van der Waals surface area contributed by atoms with E-state index in [1.165, 1.54) is 5.56 Å². The first-order valence-electron chi connectivity index (χ1n) is 9.12. The second-order valence-electron chi connectivity index (χ2n) is 6.69. The number of carbonyl (C=O) groups excluding carboxylic acids is 1. The van der Waals surface area contributed by atoms with Crippen molar-refractivity contribution in [2.75, 3.05) is 4.90 Å². The summed E-state index contributed by atoms with van der Waals surface area (Å²) in [7, 11) is 0. The van der Waals surface area contributed by atoms with Gasteiger partial charge in [0.1, 0.15) is 0 Å². The molecule has 4 rings (SSSR count). The number of para-hydroxylation sites is 2. The molecule has 1 heterocycles. The minimum Gasteiger partial charge on any atom is -0.355 e. The number of aryl methyl sites for hydroxylation is 2. The molecule has 0 spiro atoms. The molecule has 0 saturated carbocycles. The van der Waals surface area contributed by atoms with Crippen LogP contribution in [0, 0.1) is 13.8 Å². The first kappa shape index (κ1) is 17.7. The standard InChI is InChI=1S/C24H20N2O2/c1-17-13-14-19(15-18(17)2)23-16-22(25-28-23)24(27)26(20-9-5-3-6-10-20)21-11-7-4-8-12-21/h3-16H,1-2H3. The number of hydrogen-bond donors (Lipinski definition) is 0. The van der Waals surface area contributed by atoms with Crippen molar-refractivity contribution in [3.8, 4) is 11.3 Å². The summed E-state index contributed by atoms with van der Waals surface area (Å²) in [5.41, 5.74) is 5.08. The molecule has 0 N–H and O–H groups in total. The maximum Gasteiger partial charge on any atom is 0.285 e. The normalized spacial score (nSPS) is 10.6. The van der Waals surface area contributed by atoms with Gasteiger partial charge in [-0.15, -0.1) is 0 Å². The lowest BCUT2D eigenvalue weighted by Gasteiger charge is -2.21. The summed E-state index contributed by atoms with van der Waals surface area (Å²) >= 11 is 0. The maximum atomic E-state index is 13.3. The molecule has 1 aromatic heterocycles. The van der Waals surface area contributed by atoms with E-state index >= 15 is 0 Å². The van der Waals surface area contributed by atoms with Crippen LogP contribution in [-0.4, -0.2) is 11.1 Å². The second-order valence-corrected chi connectivity index (χ2v) is 6.69. The predicted molar refractivity (Wildman–Crippen MR) is 111 cm³/mol. The molecule has 0 bridgehead atoms. The minimum absolute atomic E-state index is 0.240. The first-order chi connectivity index (χ1) is 13.6. The Morgan fingerprint density at radius 2 is 1.39 bits per heavy atom. The lowest BCUT2D eigenvalue weighted by atomic mass is 10.0. The molecular formula is C24H20N2O2. The minimum atomic E-state index is -0.240. The van der Waals surface area contributed by atoms with Crippen LogP contribution in [0.2, 0.25) is 0 Å². The molecular weight excluding hydrogens is 348 g/mol. The molecule has 4 aromatic rings. The molecule has 4 heteroatoms. The van der Waals surface area contributed by atoms with Crippen molar-refractivity contribution in [1.82, 2.24) is 5.16 Å². The fourth-order valence-electron chi connectivity index (χ4n) is 3.06. The third kappa shape index (κ3) is 3.45. The van der Waals surface area contributed by atoms with Crippen molar-refractivity contribution in [3.05, 3.63) is 102 Å². The molecule has 0 unspecified atom stereocenters. The molecule has 4 nitrogen and oxygen atoms in total. The van der Waals surface area contributed by atoms with E-state index in [-0.39, 0.29) is 11.6 Å². The largest absolute Gasteiger partial charge is 0.355 e. The van der Waals surface area contributed by atoms with Crippen LogP contribution in [-0.2, 0) is 0 Å². The molecule has 3 aromatic carbocycles. The van der Waals surface area contributed by atoms with E-state index < -0.39 is 0 Å². The zero-order valence-corrected chi connectivity index (χ0v) is 15.8. The van der Waals surface area contributed by atoms with Crippen molar-refractivity contribution in [2.24, 2.45) is 0 Å². The van der Waals surface area contributed by atoms with Gasteiger partial charge in [0.15, 0.2) is 11.5 Å². The number of carbonyl (C=O) groups is 1. The molecule has 28 heavy (non-hydrogen) atoms. The smallest absolute Gasteiger partial charge is 0.285 e. The van der Waals surface area contributed by atoms with E-state index in [1.807, 2.05) is 85.8 Å². The highest BCUT2D eigenvalue weighted by Crippen LogP contribution is 2.29. The number of anilines is 2. The Morgan fingerprint density at radius 3 is 1.96 bits per heavy atom. The van der Waals surface area contributed by atoms with Gasteiger partial charge in [-0.05, 0) is 55.3 Å². The van der Waals surface area contributed by atoms with Crippen molar-refractivity contribution >= 4 is 17.3 Å². The van der Waals surface area contributed by atoms with Gasteiger partial charge in [-0.1, -0.05) is 53.7 Å². The van der Waals surface area contributed by atoms with Crippen molar-refractivity contribution in [1.29, 1.82) is 0 Å². The van der Waals surface area contributed by atoms with Crippen LogP contribution >= 0.6 is 0 Å². The summed E-state index contributed by atoms with van der Waals surface area (Å²) in [6, 6.07) is 26.8. The molecule has 0 saturated heterocycles. The van der Waals surface area contributed by atoms with Gasteiger partial charge in [-0.3, -0.25) is 9.69 Å². The van der Waals surface area contributed by atoms with Crippen molar-refractivity contribution in [3.63, 3.8) is 0 Å². The molecule has 0 fully saturated rings. The van der Waals surface area contributed by atoms with Gasteiger partial charge in [0.2, 0.25) is 0 Å². The molecule has 0 aliphatic carbocycles. The zero-order chi connectivity index (χ0) is 19.5. The Bertz CT molecular complexity index is 1060. The monoisotopic (exact) mass is 368 g/mol. The molecule has 0 radical (unpaired) electrons. The van der Waals surface area contributed by atoms with Gasteiger partial charge in [0.05, 0.1) is 0 Å². The highest BCUT2D eigenvalue weighted by atomic mass is 16.5. The van der Waals surface area contributed by atoms with Gasteiger partial charge in [0, 0.05) is 23.0 Å². The van der Waals surface area contributed by atoms with E-state index in [4.69, 9.17) is 4.52 Å².